The van der Waals surface area contributed by atoms with Crippen molar-refractivity contribution in [3.63, 3.8) is 0 Å². The van der Waals surface area contributed by atoms with Gasteiger partial charge in [-0.3, -0.25) is 29.8 Å². The van der Waals surface area contributed by atoms with Crippen molar-refractivity contribution in [2.45, 2.75) is 0 Å². The van der Waals surface area contributed by atoms with Crippen molar-refractivity contribution in [3.05, 3.63) is 109 Å². The Morgan fingerprint density at radius 2 is 1.00 bits per heavy atom. The van der Waals surface area contributed by atoms with Crippen LogP contribution in [0.3, 0.4) is 0 Å². The molecular weight excluding hydrogens is 436 g/mol. The van der Waals surface area contributed by atoms with Crippen LogP contribution in [0.1, 0.15) is 20.7 Å². The Kier molecular flexibility index (Phi) is 5.16. The van der Waals surface area contributed by atoms with Crippen molar-refractivity contribution in [1.29, 1.82) is 0 Å². The fourth-order valence-corrected chi connectivity index (χ4v) is 3.77. The number of carbonyl (C=O) groups is 2. The fraction of sp³-hybridized carbons (Fsp3) is 0. The molecule has 0 bridgehead atoms. The summed E-state index contributed by atoms with van der Waals surface area (Å²) in [5, 5.41) is 22.8. The van der Waals surface area contributed by atoms with Gasteiger partial charge in [-0.25, -0.2) is 9.13 Å². The quantitative estimate of drug-likeness (QED) is 0.257. The van der Waals surface area contributed by atoms with Crippen molar-refractivity contribution in [2.24, 2.45) is 0 Å². The van der Waals surface area contributed by atoms with Crippen LogP contribution in [-0.4, -0.2) is 30.8 Å². The van der Waals surface area contributed by atoms with Gasteiger partial charge in [-0.05, 0) is 36.5 Å². The SMILES string of the molecule is O=C(c1ccccc1[N+](=O)[O-])n1c(=S)n(C(=O)c2ccccc2[N+](=O)[O-])c2ccccc21. The molecule has 3 aromatic carbocycles. The smallest absolute Gasteiger partial charge is 0.268 e. The third-order valence-corrected chi connectivity index (χ3v) is 5.18. The zero-order chi connectivity index (χ0) is 23.0. The van der Waals surface area contributed by atoms with E-state index >= 15 is 0 Å². The number of nitro groups is 2. The molecule has 10 nitrogen and oxygen atoms in total. The Morgan fingerprint density at radius 3 is 1.38 bits per heavy atom. The van der Waals surface area contributed by atoms with E-state index in [0.717, 1.165) is 9.13 Å². The lowest BCUT2D eigenvalue weighted by molar-refractivity contribution is -0.385. The van der Waals surface area contributed by atoms with Crippen LogP contribution in [0.25, 0.3) is 11.0 Å². The van der Waals surface area contributed by atoms with Crippen molar-refractivity contribution < 1.29 is 19.4 Å². The van der Waals surface area contributed by atoms with Gasteiger partial charge < -0.3 is 0 Å². The molecule has 0 aliphatic carbocycles. The lowest BCUT2D eigenvalue weighted by Gasteiger charge is -2.05. The number of benzene rings is 3. The van der Waals surface area contributed by atoms with Crippen LogP contribution in [0.4, 0.5) is 11.4 Å². The lowest BCUT2D eigenvalue weighted by Crippen LogP contribution is -2.18. The van der Waals surface area contributed by atoms with Crippen molar-refractivity contribution >= 4 is 46.4 Å². The number of carbonyl (C=O) groups excluding carboxylic acids is 2. The standard InChI is InChI=1S/C21H12N4O6S/c26-19(13-7-1-3-9-15(13)24(28)29)22-17-11-5-6-12-18(17)23(21(22)32)20(27)14-8-2-4-10-16(14)25(30)31/h1-12H. The Bertz CT molecular complexity index is 1390. The van der Waals surface area contributed by atoms with Gasteiger partial charge in [0.25, 0.3) is 23.2 Å². The highest BCUT2D eigenvalue weighted by molar-refractivity contribution is 7.71. The number of aromatic nitrogens is 2. The predicted octanol–water partition coefficient (Wildman–Crippen LogP) is 4.37. The number of fused-ring (bicyclic) bond motifs is 1. The normalized spacial score (nSPS) is 10.8. The van der Waals surface area contributed by atoms with E-state index in [1.54, 1.807) is 12.1 Å². The maximum atomic E-state index is 13.3. The maximum absolute atomic E-state index is 13.3. The second-order valence-electron chi connectivity index (χ2n) is 6.60. The minimum atomic E-state index is -0.799. The first-order valence-electron chi connectivity index (χ1n) is 9.11. The predicted molar refractivity (Wildman–Crippen MR) is 116 cm³/mol. The Labute approximate surface area is 184 Å². The van der Waals surface area contributed by atoms with E-state index < -0.39 is 33.0 Å². The summed E-state index contributed by atoms with van der Waals surface area (Å²) in [5.41, 5.74) is -0.799. The average molecular weight is 448 g/mol. The molecule has 0 spiro atoms. The second-order valence-corrected chi connectivity index (χ2v) is 6.97. The summed E-state index contributed by atoms with van der Waals surface area (Å²) in [5.74, 6) is -1.60. The van der Waals surface area contributed by atoms with Gasteiger partial charge in [0, 0.05) is 12.1 Å². The molecule has 4 rings (SSSR count). The molecule has 32 heavy (non-hydrogen) atoms. The van der Waals surface area contributed by atoms with Crippen LogP contribution in [0.5, 0.6) is 0 Å². The van der Waals surface area contributed by atoms with Gasteiger partial charge >= 0.3 is 0 Å². The van der Waals surface area contributed by atoms with Crippen LogP contribution < -0.4 is 0 Å². The zero-order valence-electron chi connectivity index (χ0n) is 16.1. The van der Waals surface area contributed by atoms with E-state index in [9.17, 15) is 29.8 Å². The van der Waals surface area contributed by atoms with Crippen LogP contribution in [0, 0.1) is 25.0 Å². The van der Waals surface area contributed by atoms with Gasteiger partial charge in [-0.15, -0.1) is 0 Å². The number of para-hydroxylation sites is 4. The largest absolute Gasteiger partial charge is 0.282 e. The molecule has 0 fully saturated rings. The Balaban J connectivity index is 1.99. The first-order chi connectivity index (χ1) is 15.3. The van der Waals surface area contributed by atoms with Gasteiger partial charge in [-0.1, -0.05) is 36.4 Å². The number of hydrogen-bond acceptors (Lipinski definition) is 7. The van der Waals surface area contributed by atoms with Gasteiger partial charge in [-0.2, -0.15) is 0 Å². The van der Waals surface area contributed by atoms with E-state index in [1.165, 1.54) is 60.7 Å². The monoisotopic (exact) mass is 448 g/mol. The molecule has 0 saturated carbocycles. The highest BCUT2D eigenvalue weighted by atomic mass is 32.1. The van der Waals surface area contributed by atoms with Gasteiger partial charge in [0.1, 0.15) is 11.1 Å². The molecule has 0 amide bonds. The number of nitro benzene ring substituents is 2. The zero-order valence-corrected chi connectivity index (χ0v) is 16.9. The minimum absolute atomic E-state index is 0.213. The average Bonchev–Trinajstić information content (AvgIpc) is 3.09. The molecule has 1 aromatic heterocycles. The molecule has 0 aliphatic heterocycles. The molecule has 1 heterocycles. The third kappa shape index (κ3) is 3.26. The number of hydrogen-bond donors (Lipinski definition) is 0. The van der Waals surface area contributed by atoms with Crippen LogP contribution in [-0.2, 0) is 0 Å². The van der Waals surface area contributed by atoms with Crippen LogP contribution >= 0.6 is 12.2 Å². The minimum Gasteiger partial charge on any atom is -0.268 e. The molecule has 158 valence electrons. The number of rotatable bonds is 4. The highest BCUT2D eigenvalue weighted by Crippen LogP contribution is 2.26. The summed E-state index contributed by atoms with van der Waals surface area (Å²) in [4.78, 5) is 48.1. The molecule has 0 saturated heterocycles. The Morgan fingerprint density at radius 1 is 0.656 bits per heavy atom. The molecule has 0 N–H and O–H groups in total. The van der Waals surface area contributed by atoms with E-state index in [1.807, 2.05) is 0 Å². The van der Waals surface area contributed by atoms with E-state index in [-0.39, 0.29) is 26.9 Å². The van der Waals surface area contributed by atoms with Crippen molar-refractivity contribution in [3.8, 4) is 0 Å². The lowest BCUT2D eigenvalue weighted by atomic mass is 10.1. The second kappa shape index (κ2) is 7.96. The first kappa shape index (κ1) is 20.8. The summed E-state index contributed by atoms with van der Waals surface area (Å²) in [6, 6.07) is 17.0. The molecule has 4 aromatic rings. The fourth-order valence-electron chi connectivity index (χ4n) is 3.41. The van der Waals surface area contributed by atoms with E-state index in [2.05, 4.69) is 0 Å². The topological polar surface area (TPSA) is 130 Å². The summed E-state index contributed by atoms with van der Waals surface area (Å²) < 4.78 is 1.76. The van der Waals surface area contributed by atoms with Crippen molar-refractivity contribution in [2.75, 3.05) is 0 Å². The summed E-state index contributed by atoms with van der Waals surface area (Å²) >= 11 is 5.41. The molecule has 0 atom stereocenters. The van der Waals surface area contributed by atoms with Crippen LogP contribution in [0.15, 0.2) is 72.8 Å². The van der Waals surface area contributed by atoms with Gasteiger partial charge in [0.15, 0.2) is 4.77 Å². The first-order valence-corrected chi connectivity index (χ1v) is 9.52. The van der Waals surface area contributed by atoms with E-state index in [0.29, 0.717) is 0 Å². The molecular formula is C21H12N4O6S. The summed E-state index contributed by atoms with van der Waals surface area (Å²) in [7, 11) is 0. The third-order valence-electron chi connectivity index (χ3n) is 4.81. The van der Waals surface area contributed by atoms with Gasteiger partial charge in [0.05, 0.1) is 20.9 Å². The maximum Gasteiger partial charge on any atom is 0.282 e. The molecule has 0 unspecified atom stereocenters. The van der Waals surface area contributed by atoms with Crippen molar-refractivity contribution in [1.82, 2.24) is 9.13 Å². The van der Waals surface area contributed by atoms with E-state index in [4.69, 9.17) is 12.2 Å². The van der Waals surface area contributed by atoms with Crippen LogP contribution in [0.2, 0.25) is 0 Å². The number of imidazole rings is 1. The summed E-state index contributed by atoms with van der Waals surface area (Å²) in [6.07, 6.45) is 0. The van der Waals surface area contributed by atoms with Gasteiger partial charge in [0.2, 0.25) is 0 Å². The molecule has 11 heteroatoms. The molecule has 0 radical (unpaired) electrons. The Hall–Kier alpha value is -4.51. The highest BCUT2D eigenvalue weighted by Gasteiger charge is 2.28. The number of nitrogens with zero attached hydrogens (tertiary/aromatic N) is 4. The summed E-state index contributed by atoms with van der Waals surface area (Å²) in [6.45, 7) is 0. The molecule has 0 aliphatic rings.